The first-order valence-corrected chi connectivity index (χ1v) is 6.34. The van der Waals surface area contributed by atoms with Crippen LogP contribution in [0, 0.1) is 30.9 Å². The second-order valence-electron chi connectivity index (χ2n) is 4.81. The summed E-state index contributed by atoms with van der Waals surface area (Å²) in [6.07, 6.45) is 0. The first-order chi connectivity index (χ1) is 9.38. The molecule has 1 atom stereocenters. The normalized spacial score (nSPS) is 12.2. The fourth-order valence-corrected chi connectivity index (χ4v) is 2.17. The average Bonchev–Trinajstić information content (AvgIpc) is 2.68. The molecule has 1 N–H and O–H groups in total. The number of furan rings is 1. The van der Waals surface area contributed by atoms with Crippen molar-refractivity contribution in [2.45, 2.75) is 33.7 Å². The predicted octanol–water partition coefficient (Wildman–Crippen LogP) is 3.68. The highest BCUT2D eigenvalue weighted by Crippen LogP contribution is 2.28. The summed E-state index contributed by atoms with van der Waals surface area (Å²) >= 11 is 0. The number of hydrogen-bond donors (Lipinski definition) is 1. The molecule has 0 aromatic carbocycles. The van der Waals surface area contributed by atoms with Crippen LogP contribution in [0.15, 0.2) is 22.6 Å². The number of pyridine rings is 1. The number of nitrogens with one attached hydrogen (secondary N) is 1. The number of nitro groups is 1. The van der Waals surface area contributed by atoms with Crippen LogP contribution in [0.25, 0.3) is 0 Å². The summed E-state index contributed by atoms with van der Waals surface area (Å²) < 4.78 is 5.48. The van der Waals surface area contributed by atoms with Crippen molar-refractivity contribution in [3.8, 4) is 0 Å². The minimum atomic E-state index is -0.436. The molecule has 2 aromatic rings. The van der Waals surface area contributed by atoms with Gasteiger partial charge in [-0.05, 0) is 39.8 Å². The zero-order chi connectivity index (χ0) is 14.9. The van der Waals surface area contributed by atoms with E-state index in [9.17, 15) is 10.1 Å². The fourth-order valence-electron chi connectivity index (χ4n) is 2.17. The summed E-state index contributed by atoms with van der Waals surface area (Å²) in [6.45, 7) is 7.47. The molecule has 0 amide bonds. The third-order valence-corrected chi connectivity index (χ3v) is 3.11. The molecular formula is C14H17N3O3. The van der Waals surface area contributed by atoms with Gasteiger partial charge in [-0.25, -0.2) is 4.98 Å². The molecule has 0 bridgehead atoms. The van der Waals surface area contributed by atoms with Gasteiger partial charge in [-0.3, -0.25) is 10.1 Å². The van der Waals surface area contributed by atoms with Crippen molar-refractivity contribution < 1.29 is 9.34 Å². The van der Waals surface area contributed by atoms with Gasteiger partial charge in [0, 0.05) is 17.3 Å². The van der Waals surface area contributed by atoms with E-state index in [2.05, 4.69) is 10.3 Å². The Hall–Kier alpha value is -2.37. The van der Waals surface area contributed by atoms with Gasteiger partial charge in [-0.1, -0.05) is 0 Å². The van der Waals surface area contributed by atoms with Gasteiger partial charge < -0.3 is 9.73 Å². The summed E-state index contributed by atoms with van der Waals surface area (Å²) in [5, 5.41) is 14.1. The Morgan fingerprint density at radius 3 is 2.60 bits per heavy atom. The molecule has 2 rings (SSSR count). The molecule has 0 saturated carbocycles. The maximum Gasteiger partial charge on any atom is 0.311 e. The number of rotatable bonds is 4. The van der Waals surface area contributed by atoms with Crippen LogP contribution in [0.5, 0.6) is 0 Å². The molecular weight excluding hydrogens is 258 g/mol. The van der Waals surface area contributed by atoms with Crippen molar-refractivity contribution >= 4 is 11.5 Å². The third-order valence-electron chi connectivity index (χ3n) is 3.11. The summed E-state index contributed by atoms with van der Waals surface area (Å²) in [4.78, 5) is 14.8. The number of anilines is 1. The highest BCUT2D eigenvalue weighted by molar-refractivity contribution is 5.57. The summed E-state index contributed by atoms with van der Waals surface area (Å²) in [5.74, 6) is 1.90. The van der Waals surface area contributed by atoms with Crippen molar-refractivity contribution in [1.29, 1.82) is 0 Å². The average molecular weight is 275 g/mol. The van der Waals surface area contributed by atoms with E-state index in [4.69, 9.17) is 4.42 Å². The van der Waals surface area contributed by atoms with Gasteiger partial charge in [0.25, 0.3) is 0 Å². The topological polar surface area (TPSA) is 81.2 Å². The molecule has 0 saturated heterocycles. The summed E-state index contributed by atoms with van der Waals surface area (Å²) in [7, 11) is 0. The van der Waals surface area contributed by atoms with Gasteiger partial charge in [-0.2, -0.15) is 0 Å². The third kappa shape index (κ3) is 2.79. The van der Waals surface area contributed by atoms with Gasteiger partial charge in [0.1, 0.15) is 11.5 Å². The van der Waals surface area contributed by atoms with Gasteiger partial charge in [0.05, 0.1) is 11.0 Å². The number of aromatic nitrogens is 1. The SMILES string of the molecule is Cc1ccc([N+](=O)[O-])c(NC(C)c2cc(C)oc2C)n1. The molecule has 0 spiro atoms. The van der Waals surface area contributed by atoms with Crippen molar-refractivity contribution in [2.75, 3.05) is 5.32 Å². The molecule has 0 aliphatic carbocycles. The van der Waals surface area contributed by atoms with Crippen LogP contribution in [-0.2, 0) is 0 Å². The lowest BCUT2D eigenvalue weighted by molar-refractivity contribution is -0.384. The predicted molar refractivity (Wildman–Crippen MR) is 75.8 cm³/mol. The quantitative estimate of drug-likeness (QED) is 0.680. The molecule has 6 heteroatoms. The van der Waals surface area contributed by atoms with E-state index in [1.165, 1.54) is 6.07 Å². The Morgan fingerprint density at radius 1 is 1.35 bits per heavy atom. The highest BCUT2D eigenvalue weighted by atomic mass is 16.6. The monoisotopic (exact) mass is 275 g/mol. The largest absolute Gasteiger partial charge is 0.466 e. The zero-order valence-electron chi connectivity index (χ0n) is 11.9. The van der Waals surface area contributed by atoms with Crippen LogP contribution in [-0.4, -0.2) is 9.91 Å². The van der Waals surface area contributed by atoms with E-state index in [0.29, 0.717) is 0 Å². The van der Waals surface area contributed by atoms with E-state index in [0.717, 1.165) is 22.8 Å². The summed E-state index contributed by atoms with van der Waals surface area (Å²) in [5.41, 5.74) is 1.67. The Balaban J connectivity index is 2.32. The Labute approximate surface area is 117 Å². The fraction of sp³-hybridized carbons (Fsp3) is 0.357. The Morgan fingerprint density at radius 2 is 2.05 bits per heavy atom. The molecule has 106 valence electrons. The van der Waals surface area contributed by atoms with E-state index in [1.807, 2.05) is 26.8 Å². The van der Waals surface area contributed by atoms with Gasteiger partial charge in [-0.15, -0.1) is 0 Å². The minimum Gasteiger partial charge on any atom is -0.466 e. The lowest BCUT2D eigenvalue weighted by Crippen LogP contribution is -2.10. The van der Waals surface area contributed by atoms with Crippen LogP contribution in [0.4, 0.5) is 11.5 Å². The molecule has 0 fully saturated rings. The van der Waals surface area contributed by atoms with Crippen molar-refractivity contribution in [3.05, 3.63) is 51.1 Å². The first-order valence-electron chi connectivity index (χ1n) is 6.34. The number of nitrogens with zero attached hydrogens (tertiary/aromatic N) is 2. The molecule has 0 aliphatic rings. The lowest BCUT2D eigenvalue weighted by atomic mass is 10.1. The van der Waals surface area contributed by atoms with E-state index >= 15 is 0 Å². The minimum absolute atomic E-state index is 0.0275. The molecule has 1 unspecified atom stereocenters. The van der Waals surface area contributed by atoms with Crippen LogP contribution in [0.1, 0.15) is 35.7 Å². The molecule has 20 heavy (non-hydrogen) atoms. The van der Waals surface area contributed by atoms with Crippen LogP contribution in [0.3, 0.4) is 0 Å². The van der Waals surface area contributed by atoms with Gasteiger partial charge in [0.2, 0.25) is 5.82 Å². The highest BCUT2D eigenvalue weighted by Gasteiger charge is 2.19. The summed E-state index contributed by atoms with van der Waals surface area (Å²) in [6, 6.07) is 4.89. The first kappa shape index (κ1) is 14.0. The standard InChI is InChI=1S/C14H17N3O3/c1-8-5-6-13(17(18)19)14(15-8)16-10(3)12-7-9(2)20-11(12)4/h5-7,10H,1-4H3,(H,15,16). The van der Waals surface area contributed by atoms with Gasteiger partial charge in [0.15, 0.2) is 0 Å². The van der Waals surface area contributed by atoms with Crippen molar-refractivity contribution in [3.63, 3.8) is 0 Å². The van der Waals surface area contributed by atoms with E-state index < -0.39 is 4.92 Å². The zero-order valence-corrected chi connectivity index (χ0v) is 11.9. The maximum atomic E-state index is 11.0. The second-order valence-corrected chi connectivity index (χ2v) is 4.81. The molecule has 0 aliphatic heterocycles. The Bertz CT molecular complexity index is 649. The second kappa shape index (κ2) is 5.32. The number of aryl methyl sites for hydroxylation is 3. The van der Waals surface area contributed by atoms with Crippen LogP contribution < -0.4 is 5.32 Å². The number of hydrogen-bond acceptors (Lipinski definition) is 5. The van der Waals surface area contributed by atoms with E-state index in [1.54, 1.807) is 13.0 Å². The molecule has 2 heterocycles. The smallest absolute Gasteiger partial charge is 0.311 e. The molecule has 6 nitrogen and oxygen atoms in total. The maximum absolute atomic E-state index is 11.0. The van der Waals surface area contributed by atoms with E-state index in [-0.39, 0.29) is 17.5 Å². The molecule has 2 aromatic heterocycles. The van der Waals surface area contributed by atoms with Crippen LogP contribution in [0.2, 0.25) is 0 Å². The van der Waals surface area contributed by atoms with Crippen molar-refractivity contribution in [2.24, 2.45) is 0 Å². The molecule has 0 radical (unpaired) electrons. The Kier molecular flexibility index (Phi) is 3.74. The van der Waals surface area contributed by atoms with Crippen molar-refractivity contribution in [1.82, 2.24) is 4.98 Å². The van der Waals surface area contributed by atoms with Crippen LogP contribution >= 0.6 is 0 Å². The van der Waals surface area contributed by atoms with Gasteiger partial charge >= 0.3 is 5.69 Å². The lowest BCUT2D eigenvalue weighted by Gasteiger charge is -2.14.